The van der Waals surface area contributed by atoms with Crippen LogP contribution in [0.3, 0.4) is 0 Å². The molecule has 1 aliphatic rings. The first-order chi connectivity index (χ1) is 20.5. The molecule has 3 N–H and O–H groups in total. The molecule has 5 rings (SSSR count). The Hall–Kier alpha value is -4.49. The summed E-state index contributed by atoms with van der Waals surface area (Å²) < 4.78 is 47.0. The van der Waals surface area contributed by atoms with Crippen molar-refractivity contribution in [2.45, 2.75) is 45.7 Å². The fourth-order valence-corrected chi connectivity index (χ4v) is 5.03. The Morgan fingerprint density at radius 2 is 1.81 bits per heavy atom. The second kappa shape index (κ2) is 12.4. The molecule has 0 bridgehead atoms. The maximum atomic E-state index is 13.2. The Balaban J connectivity index is 1.42. The first-order valence-corrected chi connectivity index (χ1v) is 13.8. The van der Waals surface area contributed by atoms with Gasteiger partial charge in [0.1, 0.15) is 18.0 Å². The highest BCUT2D eigenvalue weighted by Crippen LogP contribution is 2.31. The average molecular weight is 595 g/mol. The Morgan fingerprint density at radius 1 is 1.05 bits per heavy atom. The van der Waals surface area contributed by atoms with E-state index < -0.39 is 17.6 Å². The predicted octanol–water partition coefficient (Wildman–Crippen LogP) is 5.64. The molecule has 43 heavy (non-hydrogen) atoms. The van der Waals surface area contributed by atoms with E-state index >= 15 is 0 Å². The second-order valence-corrected chi connectivity index (χ2v) is 10.6. The molecule has 1 aliphatic heterocycles. The van der Waals surface area contributed by atoms with Gasteiger partial charge in [0, 0.05) is 55.8 Å². The zero-order valence-electron chi connectivity index (χ0n) is 24.2. The number of halogens is 3. The number of rotatable bonds is 8. The van der Waals surface area contributed by atoms with E-state index in [2.05, 4.69) is 44.7 Å². The summed E-state index contributed by atoms with van der Waals surface area (Å²) in [5, 5.41) is 14.0. The van der Waals surface area contributed by atoms with Gasteiger partial charge in [-0.05, 0) is 56.7 Å². The van der Waals surface area contributed by atoms with E-state index in [1.807, 2.05) is 19.1 Å². The lowest BCUT2D eigenvalue weighted by atomic mass is 10.1. The number of hydrogen-bond acceptors (Lipinski definition) is 8. The number of aryl methyl sites for hydroxylation is 1. The molecule has 0 unspecified atom stereocenters. The molecule has 0 saturated carbocycles. The molecule has 0 radical (unpaired) electrons. The molecule has 2 atom stereocenters. The smallest absolute Gasteiger partial charge is 0.373 e. The van der Waals surface area contributed by atoms with Crippen molar-refractivity contribution in [3.05, 3.63) is 83.3 Å². The SMILES string of the molecule is CNc1cc(-n2nc(CN3C[C@@H](C)O[C@@H](C)C3)cc2Nc2cc(NC(=O)c3cccc(C(F)(F)F)c3)ccc2C)ncn1. The molecule has 1 fully saturated rings. The van der Waals surface area contributed by atoms with Crippen LogP contribution in [0.4, 0.5) is 36.2 Å². The van der Waals surface area contributed by atoms with Crippen molar-refractivity contribution in [1.82, 2.24) is 24.6 Å². The van der Waals surface area contributed by atoms with Crippen LogP contribution < -0.4 is 16.0 Å². The van der Waals surface area contributed by atoms with Crippen molar-refractivity contribution >= 4 is 28.9 Å². The van der Waals surface area contributed by atoms with E-state index in [0.29, 0.717) is 35.4 Å². The number of alkyl halides is 3. The summed E-state index contributed by atoms with van der Waals surface area (Å²) in [5.74, 6) is 1.15. The zero-order chi connectivity index (χ0) is 30.7. The van der Waals surface area contributed by atoms with Crippen LogP contribution in [0.1, 0.15) is 41.0 Å². The van der Waals surface area contributed by atoms with Gasteiger partial charge in [-0.1, -0.05) is 12.1 Å². The van der Waals surface area contributed by atoms with Crippen molar-refractivity contribution in [1.29, 1.82) is 0 Å². The summed E-state index contributed by atoms with van der Waals surface area (Å²) in [6.07, 6.45) is -2.87. The Labute approximate surface area is 247 Å². The van der Waals surface area contributed by atoms with Gasteiger partial charge in [0.15, 0.2) is 5.82 Å². The van der Waals surface area contributed by atoms with E-state index in [1.165, 1.54) is 18.5 Å². The Morgan fingerprint density at radius 3 is 2.53 bits per heavy atom. The van der Waals surface area contributed by atoms with Gasteiger partial charge < -0.3 is 20.7 Å². The normalized spacial score (nSPS) is 17.5. The predicted molar refractivity (Wildman–Crippen MR) is 158 cm³/mol. The number of ether oxygens (including phenoxy) is 1. The minimum atomic E-state index is -4.55. The third-order valence-electron chi connectivity index (χ3n) is 6.98. The number of nitrogens with one attached hydrogen (secondary N) is 3. The summed E-state index contributed by atoms with van der Waals surface area (Å²) in [6.45, 7) is 8.18. The second-order valence-electron chi connectivity index (χ2n) is 10.6. The molecule has 4 aromatic rings. The van der Waals surface area contributed by atoms with Crippen LogP contribution in [0.5, 0.6) is 0 Å². The van der Waals surface area contributed by atoms with Crippen LogP contribution in [0.15, 0.2) is 60.9 Å². The molecular formula is C30H33F3N8O2. The first-order valence-electron chi connectivity index (χ1n) is 13.8. The zero-order valence-corrected chi connectivity index (χ0v) is 24.2. The number of carbonyl (C=O) groups is 1. The lowest BCUT2D eigenvalue weighted by molar-refractivity contribution is -0.137. The van der Waals surface area contributed by atoms with E-state index in [0.717, 1.165) is 36.5 Å². The van der Waals surface area contributed by atoms with Gasteiger partial charge >= 0.3 is 6.18 Å². The first kappa shape index (κ1) is 30.0. The monoisotopic (exact) mass is 594 g/mol. The molecule has 0 aliphatic carbocycles. The molecule has 0 spiro atoms. The quantitative estimate of drug-likeness (QED) is 0.241. The van der Waals surface area contributed by atoms with Crippen molar-refractivity contribution in [3.63, 3.8) is 0 Å². The van der Waals surface area contributed by atoms with Gasteiger partial charge in [-0.2, -0.15) is 23.0 Å². The van der Waals surface area contributed by atoms with Crippen molar-refractivity contribution in [2.24, 2.45) is 0 Å². The molecule has 226 valence electrons. The number of benzene rings is 2. The van der Waals surface area contributed by atoms with E-state index in [4.69, 9.17) is 9.84 Å². The minimum Gasteiger partial charge on any atom is -0.373 e. The molecule has 3 heterocycles. The fraction of sp³-hybridized carbons (Fsp3) is 0.333. The molecule has 2 aromatic heterocycles. The Bertz CT molecular complexity index is 1600. The molecular weight excluding hydrogens is 561 g/mol. The Kier molecular flexibility index (Phi) is 8.64. The van der Waals surface area contributed by atoms with E-state index in [1.54, 1.807) is 29.9 Å². The highest BCUT2D eigenvalue weighted by atomic mass is 19.4. The van der Waals surface area contributed by atoms with Crippen LogP contribution in [0.25, 0.3) is 5.82 Å². The topological polar surface area (TPSA) is 109 Å². The maximum absolute atomic E-state index is 13.2. The average Bonchev–Trinajstić information content (AvgIpc) is 3.35. The summed E-state index contributed by atoms with van der Waals surface area (Å²) in [4.78, 5) is 23.8. The molecule has 2 aromatic carbocycles. The molecule has 1 saturated heterocycles. The fourth-order valence-electron chi connectivity index (χ4n) is 5.03. The minimum absolute atomic E-state index is 0.0940. The van der Waals surface area contributed by atoms with Crippen molar-refractivity contribution in [2.75, 3.05) is 36.1 Å². The number of hydrogen-bond donors (Lipinski definition) is 3. The van der Waals surface area contributed by atoms with Gasteiger partial charge in [0.2, 0.25) is 0 Å². The van der Waals surface area contributed by atoms with Gasteiger partial charge in [0.05, 0.1) is 23.5 Å². The number of anilines is 4. The lowest BCUT2D eigenvalue weighted by Crippen LogP contribution is -2.44. The molecule has 13 heteroatoms. The standard InChI is InChI=1S/C30H33F3N8O2/c1-18-8-9-23(37-29(42)21-6-5-7-22(10-21)30(31,32)33)11-25(18)38-28-12-24(16-40-14-19(2)43-20(3)15-40)39-41(28)27-13-26(34-4)35-17-36-27/h5-13,17,19-20,38H,14-16H2,1-4H3,(H,37,42)(H,34,35,36)/t19-,20+. The number of carbonyl (C=O) groups excluding carboxylic acids is 1. The molecule has 10 nitrogen and oxygen atoms in total. The summed E-state index contributed by atoms with van der Waals surface area (Å²) in [5.41, 5.74) is 1.80. The largest absolute Gasteiger partial charge is 0.416 e. The summed E-state index contributed by atoms with van der Waals surface area (Å²) >= 11 is 0. The van der Waals surface area contributed by atoms with Gasteiger partial charge in [0.25, 0.3) is 5.91 Å². The third kappa shape index (κ3) is 7.30. The van der Waals surface area contributed by atoms with Crippen molar-refractivity contribution < 1.29 is 22.7 Å². The molecule has 1 amide bonds. The highest BCUT2D eigenvalue weighted by molar-refractivity contribution is 6.04. The highest BCUT2D eigenvalue weighted by Gasteiger charge is 2.31. The number of aromatic nitrogens is 4. The summed E-state index contributed by atoms with van der Waals surface area (Å²) in [6, 6.07) is 13.3. The van der Waals surface area contributed by atoms with Crippen LogP contribution >= 0.6 is 0 Å². The van der Waals surface area contributed by atoms with E-state index in [-0.39, 0.29) is 17.8 Å². The number of amides is 1. The number of morpholine rings is 1. The number of nitrogens with zero attached hydrogens (tertiary/aromatic N) is 5. The van der Waals surface area contributed by atoms with Gasteiger partial charge in [-0.15, -0.1) is 0 Å². The van der Waals surface area contributed by atoms with Gasteiger partial charge in [-0.3, -0.25) is 9.69 Å². The van der Waals surface area contributed by atoms with Gasteiger partial charge in [-0.25, -0.2) is 9.97 Å². The van der Waals surface area contributed by atoms with Crippen LogP contribution in [-0.2, 0) is 17.5 Å². The van der Waals surface area contributed by atoms with Crippen molar-refractivity contribution in [3.8, 4) is 5.82 Å². The van der Waals surface area contributed by atoms with E-state index in [9.17, 15) is 18.0 Å². The third-order valence-corrected chi connectivity index (χ3v) is 6.98. The maximum Gasteiger partial charge on any atom is 0.416 e. The van der Waals surface area contributed by atoms with Crippen LogP contribution in [-0.4, -0.2) is 62.9 Å². The van der Waals surface area contributed by atoms with Crippen LogP contribution in [0.2, 0.25) is 0 Å². The summed E-state index contributed by atoms with van der Waals surface area (Å²) in [7, 11) is 1.77. The lowest BCUT2D eigenvalue weighted by Gasteiger charge is -2.34. The van der Waals surface area contributed by atoms with Crippen LogP contribution in [0, 0.1) is 6.92 Å².